The van der Waals surface area contributed by atoms with Crippen LogP contribution in [0, 0.1) is 0 Å². The van der Waals surface area contributed by atoms with Crippen molar-refractivity contribution in [3.63, 3.8) is 0 Å². The first-order valence-electron chi connectivity index (χ1n) is 5.69. The van der Waals surface area contributed by atoms with Crippen LogP contribution in [0.25, 0.3) is 11.4 Å². The van der Waals surface area contributed by atoms with Crippen molar-refractivity contribution in [1.29, 1.82) is 0 Å². The summed E-state index contributed by atoms with van der Waals surface area (Å²) in [6.07, 6.45) is 2.21. The van der Waals surface area contributed by atoms with Crippen molar-refractivity contribution in [3.05, 3.63) is 50.4 Å². The Bertz CT molecular complexity index is 642. The Morgan fingerprint density at radius 2 is 1.78 bits per heavy atom. The third kappa shape index (κ3) is 2.42. The molecular formula is C13H10Cl2N2O. The highest BCUT2D eigenvalue weighted by molar-refractivity contribution is 6.35. The zero-order valence-electron chi connectivity index (χ0n) is 9.41. The lowest BCUT2D eigenvalue weighted by molar-refractivity contribution is 0.977. The van der Waals surface area contributed by atoms with E-state index in [2.05, 4.69) is 9.97 Å². The molecule has 0 atom stereocenters. The average Bonchev–Trinajstić information content (AvgIpc) is 3.10. The predicted molar refractivity (Wildman–Crippen MR) is 72.3 cm³/mol. The van der Waals surface area contributed by atoms with Gasteiger partial charge in [0, 0.05) is 27.6 Å². The fraction of sp³-hybridized carbons (Fsp3) is 0.231. The van der Waals surface area contributed by atoms with Crippen molar-refractivity contribution in [2.45, 2.75) is 18.8 Å². The molecule has 0 aliphatic heterocycles. The van der Waals surface area contributed by atoms with E-state index in [0.29, 0.717) is 21.8 Å². The fourth-order valence-electron chi connectivity index (χ4n) is 1.89. The molecule has 0 bridgehead atoms. The molecule has 2 aromatic rings. The average molecular weight is 281 g/mol. The second-order valence-corrected chi connectivity index (χ2v) is 5.32. The fourth-order valence-corrected chi connectivity index (χ4v) is 2.42. The van der Waals surface area contributed by atoms with Crippen LogP contribution in [0.15, 0.2) is 29.1 Å². The first kappa shape index (κ1) is 11.8. The third-order valence-corrected chi connectivity index (χ3v) is 3.33. The summed E-state index contributed by atoms with van der Waals surface area (Å²) in [5.74, 6) is 0.953. The van der Waals surface area contributed by atoms with Crippen molar-refractivity contribution in [2.75, 3.05) is 0 Å². The van der Waals surface area contributed by atoms with Crippen LogP contribution in [-0.2, 0) is 0 Å². The van der Waals surface area contributed by atoms with Gasteiger partial charge in [0.25, 0.3) is 5.56 Å². The monoisotopic (exact) mass is 280 g/mol. The second kappa shape index (κ2) is 4.41. The van der Waals surface area contributed by atoms with Crippen molar-refractivity contribution in [2.24, 2.45) is 0 Å². The Balaban J connectivity index is 2.12. The van der Waals surface area contributed by atoms with E-state index in [4.69, 9.17) is 23.2 Å². The van der Waals surface area contributed by atoms with E-state index < -0.39 is 0 Å². The van der Waals surface area contributed by atoms with Gasteiger partial charge in [0.05, 0.1) is 5.69 Å². The van der Waals surface area contributed by atoms with E-state index in [1.54, 1.807) is 24.3 Å². The van der Waals surface area contributed by atoms with Crippen molar-refractivity contribution in [1.82, 2.24) is 9.97 Å². The Hall–Kier alpha value is -1.32. The molecule has 1 aliphatic rings. The molecule has 3 nitrogen and oxygen atoms in total. The molecule has 1 aliphatic carbocycles. The zero-order valence-corrected chi connectivity index (χ0v) is 10.9. The van der Waals surface area contributed by atoms with Crippen LogP contribution in [-0.4, -0.2) is 9.97 Å². The molecule has 0 spiro atoms. The Morgan fingerprint density at radius 3 is 2.39 bits per heavy atom. The third-order valence-electron chi connectivity index (χ3n) is 2.89. The molecule has 1 saturated carbocycles. The number of aromatic amines is 1. The van der Waals surface area contributed by atoms with Crippen LogP contribution in [0.5, 0.6) is 0 Å². The van der Waals surface area contributed by atoms with E-state index in [0.717, 1.165) is 24.1 Å². The molecule has 1 heterocycles. The highest BCUT2D eigenvalue weighted by Crippen LogP contribution is 2.38. The highest BCUT2D eigenvalue weighted by atomic mass is 35.5. The molecule has 0 radical (unpaired) electrons. The highest BCUT2D eigenvalue weighted by Gasteiger charge is 2.25. The topological polar surface area (TPSA) is 45.8 Å². The minimum Gasteiger partial charge on any atom is -0.307 e. The molecule has 92 valence electrons. The standard InChI is InChI=1S/C13H10Cl2N2O/c14-9-3-8(4-10(15)5-9)13-16-11(7-1-2-7)6-12(18)17-13/h3-7H,1-2H2,(H,16,17,18). The summed E-state index contributed by atoms with van der Waals surface area (Å²) in [5.41, 5.74) is 1.44. The van der Waals surface area contributed by atoms with Crippen LogP contribution in [0.4, 0.5) is 0 Å². The number of rotatable bonds is 2. The first-order chi connectivity index (χ1) is 8.61. The summed E-state index contributed by atoms with van der Waals surface area (Å²) in [6, 6.07) is 6.69. The van der Waals surface area contributed by atoms with Crippen molar-refractivity contribution >= 4 is 23.2 Å². The number of nitrogens with one attached hydrogen (secondary N) is 1. The molecule has 1 aromatic carbocycles. The predicted octanol–water partition coefficient (Wildman–Crippen LogP) is 3.62. The molecule has 1 aromatic heterocycles. The molecule has 1 N–H and O–H groups in total. The summed E-state index contributed by atoms with van der Waals surface area (Å²) >= 11 is 11.9. The molecular weight excluding hydrogens is 271 g/mol. The molecule has 5 heteroatoms. The quantitative estimate of drug-likeness (QED) is 0.913. The minimum atomic E-state index is -0.141. The number of H-pyrrole nitrogens is 1. The lowest BCUT2D eigenvalue weighted by Crippen LogP contribution is -2.09. The van der Waals surface area contributed by atoms with Gasteiger partial charge in [-0.2, -0.15) is 0 Å². The van der Waals surface area contributed by atoms with Crippen molar-refractivity contribution < 1.29 is 0 Å². The summed E-state index contributed by atoms with van der Waals surface area (Å²) in [5, 5.41) is 1.05. The smallest absolute Gasteiger partial charge is 0.251 e. The van der Waals surface area contributed by atoms with Gasteiger partial charge in [-0.3, -0.25) is 4.79 Å². The van der Waals surface area contributed by atoms with Gasteiger partial charge in [0.2, 0.25) is 0 Å². The summed E-state index contributed by atoms with van der Waals surface area (Å²) in [6.45, 7) is 0. The second-order valence-electron chi connectivity index (χ2n) is 4.45. The summed E-state index contributed by atoms with van der Waals surface area (Å²) in [4.78, 5) is 18.8. The van der Waals surface area contributed by atoms with Gasteiger partial charge < -0.3 is 4.98 Å². The number of aromatic nitrogens is 2. The summed E-state index contributed by atoms with van der Waals surface area (Å²) < 4.78 is 0. The van der Waals surface area contributed by atoms with Gasteiger partial charge in [-0.15, -0.1) is 0 Å². The minimum absolute atomic E-state index is 0.141. The number of nitrogens with zero attached hydrogens (tertiary/aromatic N) is 1. The van der Waals surface area contributed by atoms with Crippen LogP contribution < -0.4 is 5.56 Å². The number of benzene rings is 1. The largest absolute Gasteiger partial charge is 0.307 e. The zero-order chi connectivity index (χ0) is 12.7. The van der Waals surface area contributed by atoms with Crippen LogP contribution in [0.3, 0.4) is 0 Å². The van der Waals surface area contributed by atoms with Crippen molar-refractivity contribution in [3.8, 4) is 11.4 Å². The number of hydrogen-bond donors (Lipinski definition) is 1. The van der Waals surface area contributed by atoms with E-state index in [1.807, 2.05) is 0 Å². The lowest BCUT2D eigenvalue weighted by atomic mass is 10.2. The van der Waals surface area contributed by atoms with Gasteiger partial charge in [-0.1, -0.05) is 23.2 Å². The maximum atomic E-state index is 11.6. The van der Waals surface area contributed by atoms with Crippen LogP contribution in [0.2, 0.25) is 10.0 Å². The van der Waals surface area contributed by atoms with Gasteiger partial charge in [-0.05, 0) is 31.0 Å². The Kier molecular flexibility index (Phi) is 2.88. The number of halogens is 2. The van der Waals surface area contributed by atoms with Gasteiger partial charge in [0.1, 0.15) is 5.82 Å². The summed E-state index contributed by atoms with van der Waals surface area (Å²) in [7, 11) is 0. The molecule has 18 heavy (non-hydrogen) atoms. The maximum Gasteiger partial charge on any atom is 0.251 e. The lowest BCUT2D eigenvalue weighted by Gasteiger charge is -2.04. The van der Waals surface area contributed by atoms with Crippen LogP contribution in [0.1, 0.15) is 24.5 Å². The molecule has 0 saturated heterocycles. The SMILES string of the molecule is O=c1cc(C2CC2)nc(-c2cc(Cl)cc(Cl)c2)[nH]1. The first-order valence-corrected chi connectivity index (χ1v) is 6.45. The van der Waals surface area contributed by atoms with E-state index in [1.165, 1.54) is 0 Å². The normalized spacial score (nSPS) is 14.8. The Labute approximate surface area is 114 Å². The molecule has 0 unspecified atom stereocenters. The Morgan fingerprint density at radius 1 is 1.11 bits per heavy atom. The molecule has 3 rings (SSSR count). The van der Waals surface area contributed by atoms with E-state index in [-0.39, 0.29) is 5.56 Å². The molecule has 1 fully saturated rings. The van der Waals surface area contributed by atoms with Gasteiger partial charge >= 0.3 is 0 Å². The maximum absolute atomic E-state index is 11.6. The van der Waals surface area contributed by atoms with Crippen LogP contribution >= 0.6 is 23.2 Å². The number of hydrogen-bond acceptors (Lipinski definition) is 2. The van der Waals surface area contributed by atoms with E-state index in [9.17, 15) is 4.79 Å². The van der Waals surface area contributed by atoms with Gasteiger partial charge in [0.15, 0.2) is 0 Å². The molecule has 0 amide bonds. The van der Waals surface area contributed by atoms with E-state index >= 15 is 0 Å². The van der Waals surface area contributed by atoms with Gasteiger partial charge in [-0.25, -0.2) is 4.98 Å².